The van der Waals surface area contributed by atoms with E-state index in [1.807, 2.05) is 37.3 Å². The van der Waals surface area contributed by atoms with E-state index in [9.17, 15) is 9.59 Å². The molecule has 0 aliphatic carbocycles. The van der Waals surface area contributed by atoms with Crippen molar-refractivity contribution in [1.29, 1.82) is 0 Å². The van der Waals surface area contributed by atoms with E-state index < -0.39 is 0 Å². The highest BCUT2D eigenvalue weighted by molar-refractivity contribution is 6.07. The molecule has 1 atom stereocenters. The summed E-state index contributed by atoms with van der Waals surface area (Å²) in [5.74, 6) is 0.746. The zero-order chi connectivity index (χ0) is 23.7. The van der Waals surface area contributed by atoms with E-state index >= 15 is 0 Å². The van der Waals surface area contributed by atoms with E-state index in [0.717, 1.165) is 29.7 Å². The number of amides is 2. The van der Waals surface area contributed by atoms with Gasteiger partial charge in [-0.1, -0.05) is 6.07 Å². The normalized spacial score (nSPS) is 16.1. The Hall–Kier alpha value is -4.00. The molecule has 2 amide bonds. The number of benzene rings is 3. The van der Waals surface area contributed by atoms with Gasteiger partial charge in [-0.3, -0.25) is 9.59 Å². The topological polar surface area (TPSA) is 88.7 Å². The summed E-state index contributed by atoms with van der Waals surface area (Å²) in [5.41, 5.74) is 5.46. The first-order valence-electron chi connectivity index (χ1n) is 11.5. The highest BCUT2D eigenvalue weighted by atomic mass is 16.6. The number of ether oxygens (including phenoxy) is 2. The fourth-order valence-electron chi connectivity index (χ4n) is 4.21. The van der Waals surface area contributed by atoms with Crippen LogP contribution in [0.1, 0.15) is 45.2 Å². The molecule has 0 saturated carbocycles. The molecule has 0 bridgehead atoms. The number of rotatable bonds is 4. The zero-order valence-electron chi connectivity index (χ0n) is 19.2. The average Bonchev–Trinajstić information content (AvgIpc) is 2.85. The molecule has 3 aromatic rings. The summed E-state index contributed by atoms with van der Waals surface area (Å²) in [6, 6.07) is 16.8. The molecule has 7 heteroatoms. The molecule has 3 aromatic carbocycles. The molecule has 174 valence electrons. The van der Waals surface area contributed by atoms with Gasteiger partial charge in [0, 0.05) is 34.2 Å². The molecule has 2 aliphatic rings. The molecule has 0 saturated heterocycles. The van der Waals surface area contributed by atoms with Crippen molar-refractivity contribution >= 4 is 28.9 Å². The van der Waals surface area contributed by atoms with Crippen LogP contribution in [0.2, 0.25) is 0 Å². The molecule has 0 radical (unpaired) electrons. The van der Waals surface area contributed by atoms with E-state index in [2.05, 4.69) is 22.9 Å². The van der Waals surface area contributed by atoms with Crippen molar-refractivity contribution in [2.45, 2.75) is 32.7 Å². The quantitative estimate of drug-likeness (QED) is 0.512. The predicted molar refractivity (Wildman–Crippen MR) is 132 cm³/mol. The van der Waals surface area contributed by atoms with Crippen LogP contribution in [0.15, 0.2) is 54.6 Å². The van der Waals surface area contributed by atoms with Crippen molar-refractivity contribution in [2.24, 2.45) is 0 Å². The van der Waals surface area contributed by atoms with Crippen molar-refractivity contribution in [3.8, 4) is 11.5 Å². The monoisotopic (exact) mass is 457 g/mol. The lowest BCUT2D eigenvalue weighted by molar-refractivity contribution is 0.101. The second kappa shape index (κ2) is 9.09. The standard InChI is InChI=1S/C27H27N3O4/c1-16-3-8-21(29-26(31)20-7-10-24-25(14-20)34-12-11-33-24)15-23(16)30-27(32)19-6-9-22-18(13-19)5-4-17(2)28-22/h3,6-10,13-15,17,28H,4-5,11-12H2,1-2H3,(H,29,31)(H,30,32). The summed E-state index contributed by atoms with van der Waals surface area (Å²) >= 11 is 0. The Morgan fingerprint density at radius 2 is 1.62 bits per heavy atom. The van der Waals surface area contributed by atoms with Crippen LogP contribution in [-0.4, -0.2) is 31.1 Å². The molecule has 0 fully saturated rings. The minimum atomic E-state index is -0.269. The van der Waals surface area contributed by atoms with E-state index in [1.165, 1.54) is 0 Å². The number of carbonyl (C=O) groups is 2. The van der Waals surface area contributed by atoms with Crippen molar-refractivity contribution in [3.63, 3.8) is 0 Å². The minimum Gasteiger partial charge on any atom is -0.486 e. The largest absolute Gasteiger partial charge is 0.486 e. The van der Waals surface area contributed by atoms with Crippen LogP contribution in [0, 0.1) is 6.92 Å². The third-order valence-corrected chi connectivity index (χ3v) is 6.16. The number of hydrogen-bond acceptors (Lipinski definition) is 5. The molecular weight excluding hydrogens is 430 g/mol. The lowest BCUT2D eigenvalue weighted by Gasteiger charge is -2.24. The third-order valence-electron chi connectivity index (χ3n) is 6.16. The Morgan fingerprint density at radius 3 is 2.47 bits per heavy atom. The molecule has 3 N–H and O–H groups in total. The van der Waals surface area contributed by atoms with E-state index in [1.54, 1.807) is 24.3 Å². The van der Waals surface area contributed by atoms with Crippen LogP contribution in [0.5, 0.6) is 11.5 Å². The molecule has 0 aromatic heterocycles. The van der Waals surface area contributed by atoms with Gasteiger partial charge in [0.05, 0.1) is 0 Å². The van der Waals surface area contributed by atoms with Gasteiger partial charge in [0.1, 0.15) is 13.2 Å². The average molecular weight is 458 g/mol. The Balaban J connectivity index is 1.30. The number of fused-ring (bicyclic) bond motifs is 2. The van der Waals surface area contributed by atoms with Crippen molar-refractivity contribution in [3.05, 3.63) is 76.9 Å². The number of nitrogens with one attached hydrogen (secondary N) is 3. The highest BCUT2D eigenvalue weighted by Gasteiger charge is 2.18. The molecule has 5 rings (SSSR count). The van der Waals surface area contributed by atoms with Crippen molar-refractivity contribution < 1.29 is 19.1 Å². The SMILES string of the molecule is Cc1ccc(NC(=O)c2ccc3c(c2)OCCO3)cc1NC(=O)c1ccc2c(c1)CCC(C)N2. The van der Waals surface area contributed by atoms with Gasteiger partial charge in [-0.05, 0) is 86.3 Å². The maximum absolute atomic E-state index is 13.0. The number of hydrogen-bond donors (Lipinski definition) is 3. The second-order valence-electron chi connectivity index (χ2n) is 8.75. The van der Waals surface area contributed by atoms with Gasteiger partial charge in [0.25, 0.3) is 11.8 Å². The van der Waals surface area contributed by atoms with Gasteiger partial charge in [0.2, 0.25) is 0 Å². The van der Waals surface area contributed by atoms with Crippen molar-refractivity contribution in [2.75, 3.05) is 29.2 Å². The lowest BCUT2D eigenvalue weighted by Crippen LogP contribution is -2.22. The molecule has 1 unspecified atom stereocenters. The van der Waals surface area contributed by atoms with Crippen LogP contribution in [0.4, 0.5) is 17.1 Å². The first kappa shape index (κ1) is 21.8. The number of carbonyl (C=O) groups excluding carboxylic acids is 2. The first-order valence-corrected chi connectivity index (χ1v) is 11.5. The van der Waals surface area contributed by atoms with Gasteiger partial charge < -0.3 is 25.4 Å². The summed E-state index contributed by atoms with van der Waals surface area (Å²) in [5, 5.41) is 9.34. The zero-order valence-corrected chi connectivity index (χ0v) is 19.2. The van der Waals surface area contributed by atoms with Crippen LogP contribution >= 0.6 is 0 Å². The first-order chi connectivity index (χ1) is 16.5. The minimum absolute atomic E-state index is 0.181. The molecule has 2 aliphatic heterocycles. The Kier molecular flexibility index (Phi) is 5.84. The maximum Gasteiger partial charge on any atom is 0.255 e. The molecule has 0 spiro atoms. The molecule has 2 heterocycles. The van der Waals surface area contributed by atoms with Crippen LogP contribution in [0.3, 0.4) is 0 Å². The van der Waals surface area contributed by atoms with E-state index in [-0.39, 0.29) is 11.8 Å². The van der Waals surface area contributed by atoms with E-state index in [4.69, 9.17) is 9.47 Å². The predicted octanol–water partition coefficient (Wildman–Crippen LogP) is 5.02. The summed E-state index contributed by atoms with van der Waals surface area (Å²) in [6.07, 6.45) is 1.99. The fourth-order valence-corrected chi connectivity index (χ4v) is 4.21. The summed E-state index contributed by atoms with van der Waals surface area (Å²) < 4.78 is 11.1. The molecular formula is C27H27N3O4. The summed E-state index contributed by atoms with van der Waals surface area (Å²) in [6.45, 7) is 5.03. The van der Waals surface area contributed by atoms with Gasteiger partial charge in [-0.15, -0.1) is 0 Å². The van der Waals surface area contributed by atoms with Crippen LogP contribution < -0.4 is 25.4 Å². The Labute approximate surface area is 198 Å². The molecule has 7 nitrogen and oxygen atoms in total. The van der Waals surface area contributed by atoms with E-state index in [0.29, 0.717) is 53.3 Å². The van der Waals surface area contributed by atoms with Gasteiger partial charge in [-0.25, -0.2) is 0 Å². The highest BCUT2D eigenvalue weighted by Crippen LogP contribution is 2.31. The molecule has 34 heavy (non-hydrogen) atoms. The third kappa shape index (κ3) is 4.55. The van der Waals surface area contributed by atoms with Gasteiger partial charge in [0.15, 0.2) is 11.5 Å². The van der Waals surface area contributed by atoms with Gasteiger partial charge in [-0.2, -0.15) is 0 Å². The Morgan fingerprint density at radius 1 is 0.882 bits per heavy atom. The lowest BCUT2D eigenvalue weighted by atomic mass is 9.97. The number of aryl methyl sites for hydroxylation is 2. The Bertz CT molecular complexity index is 1270. The summed E-state index contributed by atoms with van der Waals surface area (Å²) in [7, 11) is 0. The maximum atomic E-state index is 13.0. The number of anilines is 3. The smallest absolute Gasteiger partial charge is 0.255 e. The fraction of sp³-hybridized carbons (Fsp3) is 0.259. The van der Waals surface area contributed by atoms with Crippen molar-refractivity contribution in [1.82, 2.24) is 0 Å². The van der Waals surface area contributed by atoms with Crippen LogP contribution in [-0.2, 0) is 6.42 Å². The summed E-state index contributed by atoms with van der Waals surface area (Å²) in [4.78, 5) is 25.8. The van der Waals surface area contributed by atoms with Gasteiger partial charge >= 0.3 is 0 Å². The van der Waals surface area contributed by atoms with Crippen LogP contribution in [0.25, 0.3) is 0 Å². The second-order valence-corrected chi connectivity index (χ2v) is 8.75.